The van der Waals surface area contributed by atoms with E-state index in [2.05, 4.69) is 35.8 Å². The highest BCUT2D eigenvalue weighted by Gasteiger charge is 2.11. The number of hydrogen-bond donors (Lipinski definition) is 1. The SMILES string of the molecule is CNC(Cc1ccc(Cl)cc1)c1csc(C)c1. The van der Waals surface area contributed by atoms with Crippen molar-refractivity contribution in [1.29, 1.82) is 0 Å². The Kier molecular flexibility index (Phi) is 4.21. The highest BCUT2D eigenvalue weighted by atomic mass is 35.5. The van der Waals surface area contributed by atoms with Crippen molar-refractivity contribution >= 4 is 22.9 Å². The lowest BCUT2D eigenvalue weighted by molar-refractivity contribution is 0.594. The van der Waals surface area contributed by atoms with Crippen LogP contribution in [0.3, 0.4) is 0 Å². The van der Waals surface area contributed by atoms with Crippen LogP contribution in [0, 0.1) is 6.92 Å². The van der Waals surface area contributed by atoms with Crippen molar-refractivity contribution in [3.05, 3.63) is 56.7 Å². The van der Waals surface area contributed by atoms with Crippen molar-refractivity contribution < 1.29 is 0 Å². The first-order valence-corrected chi connectivity index (χ1v) is 6.91. The average Bonchev–Trinajstić information content (AvgIpc) is 2.75. The van der Waals surface area contributed by atoms with E-state index in [1.807, 2.05) is 19.2 Å². The number of rotatable bonds is 4. The van der Waals surface area contributed by atoms with E-state index in [-0.39, 0.29) is 0 Å². The molecule has 1 atom stereocenters. The van der Waals surface area contributed by atoms with Gasteiger partial charge in [-0.15, -0.1) is 11.3 Å². The molecule has 1 unspecified atom stereocenters. The van der Waals surface area contributed by atoms with Crippen molar-refractivity contribution in [3.8, 4) is 0 Å². The minimum atomic E-state index is 0.376. The van der Waals surface area contributed by atoms with Gasteiger partial charge in [-0.2, -0.15) is 0 Å². The monoisotopic (exact) mass is 265 g/mol. The van der Waals surface area contributed by atoms with Crippen LogP contribution in [-0.2, 0) is 6.42 Å². The van der Waals surface area contributed by atoms with E-state index in [0.29, 0.717) is 6.04 Å². The lowest BCUT2D eigenvalue weighted by Crippen LogP contribution is -2.18. The van der Waals surface area contributed by atoms with E-state index < -0.39 is 0 Å². The van der Waals surface area contributed by atoms with Crippen LogP contribution in [0.5, 0.6) is 0 Å². The molecule has 1 heterocycles. The third kappa shape index (κ3) is 3.32. The largest absolute Gasteiger partial charge is 0.313 e. The van der Waals surface area contributed by atoms with Crippen LogP contribution >= 0.6 is 22.9 Å². The second-order valence-electron chi connectivity index (χ2n) is 4.16. The van der Waals surface area contributed by atoms with Gasteiger partial charge in [0.1, 0.15) is 0 Å². The zero-order valence-electron chi connectivity index (χ0n) is 10.0. The molecule has 0 radical (unpaired) electrons. The van der Waals surface area contributed by atoms with Crippen LogP contribution < -0.4 is 5.32 Å². The molecule has 0 aliphatic heterocycles. The topological polar surface area (TPSA) is 12.0 Å². The molecule has 1 aromatic carbocycles. The van der Waals surface area contributed by atoms with Crippen LogP contribution in [0.25, 0.3) is 0 Å². The van der Waals surface area contributed by atoms with E-state index in [1.165, 1.54) is 16.0 Å². The summed E-state index contributed by atoms with van der Waals surface area (Å²) in [6.45, 7) is 2.14. The molecule has 0 spiro atoms. The fraction of sp³-hybridized carbons (Fsp3) is 0.286. The summed E-state index contributed by atoms with van der Waals surface area (Å²) in [6, 6.07) is 10.7. The van der Waals surface area contributed by atoms with Crippen molar-refractivity contribution in [2.45, 2.75) is 19.4 Å². The molecule has 0 saturated carbocycles. The normalized spacial score (nSPS) is 12.6. The van der Waals surface area contributed by atoms with Crippen molar-refractivity contribution in [3.63, 3.8) is 0 Å². The first-order chi connectivity index (χ1) is 8.19. The van der Waals surface area contributed by atoms with Gasteiger partial charge in [0.2, 0.25) is 0 Å². The standard InChI is InChI=1S/C14H16ClNS/c1-10-7-12(9-17-10)14(16-2)8-11-3-5-13(15)6-4-11/h3-7,9,14,16H,8H2,1-2H3. The molecule has 2 aromatic rings. The summed E-state index contributed by atoms with van der Waals surface area (Å²) in [5.74, 6) is 0. The second-order valence-corrected chi connectivity index (χ2v) is 5.71. The summed E-state index contributed by atoms with van der Waals surface area (Å²) in [4.78, 5) is 1.36. The highest BCUT2D eigenvalue weighted by molar-refractivity contribution is 7.10. The molecule has 1 aromatic heterocycles. The summed E-state index contributed by atoms with van der Waals surface area (Å²) in [6.07, 6.45) is 0.990. The smallest absolute Gasteiger partial charge is 0.0406 e. The summed E-state index contributed by atoms with van der Waals surface area (Å²) in [5, 5.41) is 6.39. The Morgan fingerprint density at radius 1 is 1.29 bits per heavy atom. The van der Waals surface area contributed by atoms with E-state index in [9.17, 15) is 0 Å². The van der Waals surface area contributed by atoms with Gasteiger partial charge in [0.15, 0.2) is 0 Å². The molecule has 0 bridgehead atoms. The molecule has 1 nitrogen and oxygen atoms in total. The van der Waals surface area contributed by atoms with Gasteiger partial charge in [-0.05, 0) is 55.1 Å². The van der Waals surface area contributed by atoms with Gasteiger partial charge in [-0.3, -0.25) is 0 Å². The van der Waals surface area contributed by atoms with E-state index in [0.717, 1.165) is 11.4 Å². The quantitative estimate of drug-likeness (QED) is 0.873. The molecule has 0 fully saturated rings. The van der Waals surface area contributed by atoms with Gasteiger partial charge in [-0.1, -0.05) is 23.7 Å². The van der Waals surface area contributed by atoms with Crippen molar-refractivity contribution in [2.24, 2.45) is 0 Å². The van der Waals surface area contributed by atoms with Crippen molar-refractivity contribution in [2.75, 3.05) is 7.05 Å². The zero-order valence-corrected chi connectivity index (χ0v) is 11.6. The van der Waals surface area contributed by atoms with Crippen LogP contribution in [0.1, 0.15) is 22.0 Å². The van der Waals surface area contributed by atoms with Gasteiger partial charge in [0, 0.05) is 15.9 Å². The maximum absolute atomic E-state index is 5.89. The van der Waals surface area contributed by atoms with Crippen LogP contribution in [0.15, 0.2) is 35.7 Å². The molecule has 0 saturated heterocycles. The van der Waals surface area contributed by atoms with Crippen LogP contribution in [-0.4, -0.2) is 7.05 Å². The number of aryl methyl sites for hydroxylation is 1. The number of benzene rings is 1. The number of hydrogen-bond acceptors (Lipinski definition) is 2. The summed E-state index contributed by atoms with van der Waals surface area (Å²) in [5.41, 5.74) is 2.67. The van der Waals surface area contributed by atoms with E-state index >= 15 is 0 Å². The Bertz CT molecular complexity index is 475. The van der Waals surface area contributed by atoms with Gasteiger partial charge >= 0.3 is 0 Å². The summed E-state index contributed by atoms with van der Waals surface area (Å²) in [7, 11) is 2.01. The zero-order chi connectivity index (χ0) is 12.3. The molecule has 17 heavy (non-hydrogen) atoms. The predicted molar refractivity (Wildman–Crippen MR) is 76.0 cm³/mol. The van der Waals surface area contributed by atoms with Crippen LogP contribution in [0.4, 0.5) is 0 Å². The average molecular weight is 266 g/mol. The maximum Gasteiger partial charge on any atom is 0.0406 e. The Hall–Kier alpha value is -0.830. The summed E-state index contributed by atoms with van der Waals surface area (Å²) < 4.78 is 0. The Morgan fingerprint density at radius 2 is 2.00 bits per heavy atom. The van der Waals surface area contributed by atoms with Crippen LogP contribution in [0.2, 0.25) is 5.02 Å². The Morgan fingerprint density at radius 3 is 2.53 bits per heavy atom. The molecular weight excluding hydrogens is 250 g/mol. The minimum Gasteiger partial charge on any atom is -0.313 e. The van der Waals surface area contributed by atoms with Gasteiger partial charge < -0.3 is 5.32 Å². The fourth-order valence-electron chi connectivity index (χ4n) is 1.89. The molecule has 0 aliphatic rings. The predicted octanol–water partition coefficient (Wildman–Crippen LogP) is 4.21. The highest BCUT2D eigenvalue weighted by Crippen LogP contribution is 2.23. The number of likely N-dealkylation sites (N-methyl/N-ethyl adjacent to an activating group) is 1. The Balaban J connectivity index is 2.12. The van der Waals surface area contributed by atoms with Gasteiger partial charge in [0.05, 0.1) is 0 Å². The molecule has 3 heteroatoms. The number of nitrogens with one attached hydrogen (secondary N) is 1. The molecule has 90 valence electrons. The van der Waals surface area contributed by atoms with Gasteiger partial charge in [0.25, 0.3) is 0 Å². The first-order valence-electron chi connectivity index (χ1n) is 5.66. The summed E-state index contributed by atoms with van der Waals surface area (Å²) >= 11 is 7.69. The third-order valence-corrected chi connectivity index (χ3v) is 3.99. The Labute approximate surface area is 111 Å². The molecule has 0 aliphatic carbocycles. The third-order valence-electron chi connectivity index (χ3n) is 2.85. The molecule has 1 N–H and O–H groups in total. The number of thiophene rings is 1. The first kappa shape index (κ1) is 12.6. The maximum atomic E-state index is 5.89. The lowest BCUT2D eigenvalue weighted by Gasteiger charge is -2.15. The van der Waals surface area contributed by atoms with Crippen molar-refractivity contribution in [1.82, 2.24) is 5.32 Å². The molecule has 0 amide bonds. The number of halogens is 1. The van der Waals surface area contributed by atoms with E-state index in [4.69, 9.17) is 11.6 Å². The van der Waals surface area contributed by atoms with Gasteiger partial charge in [-0.25, -0.2) is 0 Å². The fourth-order valence-corrected chi connectivity index (χ4v) is 2.77. The lowest BCUT2D eigenvalue weighted by atomic mass is 10.0. The van der Waals surface area contributed by atoms with E-state index in [1.54, 1.807) is 11.3 Å². The molecule has 2 rings (SSSR count). The molecular formula is C14H16ClNS. The minimum absolute atomic E-state index is 0.376. The second kappa shape index (κ2) is 5.67.